The van der Waals surface area contributed by atoms with Crippen LogP contribution in [0.2, 0.25) is 0 Å². The summed E-state index contributed by atoms with van der Waals surface area (Å²) in [5.41, 5.74) is 5.30. The second-order valence-corrected chi connectivity index (χ2v) is 9.91. The van der Waals surface area contributed by atoms with Gasteiger partial charge in [-0.05, 0) is 24.3 Å². The number of aromatic hydroxyl groups is 4. The normalized spacial score (nSPS) is 11.2. The molecule has 0 radical (unpaired) electrons. The first kappa shape index (κ1) is 25.8. The summed E-state index contributed by atoms with van der Waals surface area (Å²) in [6.07, 6.45) is 2.50. The van der Waals surface area contributed by atoms with E-state index in [-0.39, 0.29) is 34.5 Å². The number of carbonyl (C=O) groups is 2. The Balaban J connectivity index is 1.37. The summed E-state index contributed by atoms with van der Waals surface area (Å²) in [7, 11) is 0. The lowest BCUT2D eigenvalue weighted by molar-refractivity contribution is -0.119. The zero-order valence-electron chi connectivity index (χ0n) is 17.7. The van der Waals surface area contributed by atoms with Crippen molar-refractivity contribution in [2.45, 2.75) is 8.68 Å². The van der Waals surface area contributed by atoms with Crippen LogP contribution in [-0.4, -0.2) is 66.4 Å². The number of nitrogens with zero attached hydrogens (tertiary/aromatic N) is 4. The maximum absolute atomic E-state index is 11.9. The largest absolute Gasteiger partial charge is 0.508 e. The first-order valence-electron chi connectivity index (χ1n) is 9.57. The number of rotatable bonds is 10. The molecule has 1 aromatic heterocycles. The standard InChI is InChI=1S/C20H18N6O6S3/c27-13-3-1-11(15(29)5-13)7-21-23-17(31)9-33-19-25-26-20(35-19)34-10-18(32)24-22-8-12-2-4-14(28)6-16(12)30/h1-8,27-30H,9-10H2,(H,23,31)(H,24,32). The van der Waals surface area contributed by atoms with Crippen molar-refractivity contribution >= 4 is 59.1 Å². The van der Waals surface area contributed by atoms with Crippen LogP contribution in [0.4, 0.5) is 0 Å². The van der Waals surface area contributed by atoms with Crippen LogP contribution in [0.15, 0.2) is 55.3 Å². The second kappa shape index (κ2) is 12.6. The topological polar surface area (TPSA) is 190 Å². The van der Waals surface area contributed by atoms with E-state index in [1.165, 1.54) is 48.0 Å². The molecule has 182 valence electrons. The summed E-state index contributed by atoms with van der Waals surface area (Å²) in [4.78, 5) is 23.8. The summed E-state index contributed by atoms with van der Waals surface area (Å²) in [6.45, 7) is 0. The van der Waals surface area contributed by atoms with Crippen LogP contribution in [0, 0.1) is 0 Å². The predicted molar refractivity (Wildman–Crippen MR) is 132 cm³/mol. The van der Waals surface area contributed by atoms with Gasteiger partial charge in [0.2, 0.25) is 0 Å². The minimum Gasteiger partial charge on any atom is -0.508 e. The highest BCUT2D eigenvalue weighted by atomic mass is 32.2. The van der Waals surface area contributed by atoms with Crippen LogP contribution < -0.4 is 10.9 Å². The van der Waals surface area contributed by atoms with Crippen LogP contribution in [0.5, 0.6) is 23.0 Å². The molecule has 0 saturated heterocycles. The van der Waals surface area contributed by atoms with Crippen LogP contribution in [0.25, 0.3) is 0 Å². The fraction of sp³-hybridized carbons (Fsp3) is 0.100. The van der Waals surface area contributed by atoms with Crippen molar-refractivity contribution in [3.05, 3.63) is 47.5 Å². The third kappa shape index (κ3) is 8.47. The molecule has 15 heteroatoms. The van der Waals surface area contributed by atoms with Gasteiger partial charge in [0.25, 0.3) is 11.8 Å². The van der Waals surface area contributed by atoms with E-state index in [4.69, 9.17) is 0 Å². The highest BCUT2D eigenvalue weighted by Gasteiger charge is 2.10. The summed E-state index contributed by atoms with van der Waals surface area (Å²) in [5, 5.41) is 53.3. The van der Waals surface area contributed by atoms with Crippen LogP contribution in [0.1, 0.15) is 11.1 Å². The number of thioether (sulfide) groups is 2. The number of aromatic nitrogens is 2. The molecule has 3 aromatic rings. The van der Waals surface area contributed by atoms with Gasteiger partial charge in [0.1, 0.15) is 23.0 Å². The Morgan fingerprint density at radius 1 is 0.800 bits per heavy atom. The zero-order chi connectivity index (χ0) is 25.2. The number of nitrogens with one attached hydrogen (secondary N) is 2. The maximum Gasteiger partial charge on any atom is 0.250 e. The van der Waals surface area contributed by atoms with Gasteiger partial charge < -0.3 is 20.4 Å². The van der Waals surface area contributed by atoms with Crippen molar-refractivity contribution in [1.29, 1.82) is 0 Å². The van der Waals surface area contributed by atoms with E-state index in [1.807, 2.05) is 0 Å². The molecule has 6 N–H and O–H groups in total. The smallest absolute Gasteiger partial charge is 0.250 e. The van der Waals surface area contributed by atoms with Crippen molar-refractivity contribution in [2.24, 2.45) is 10.2 Å². The van der Waals surface area contributed by atoms with Gasteiger partial charge in [-0.1, -0.05) is 34.9 Å². The Hall–Kier alpha value is -3.82. The van der Waals surface area contributed by atoms with Crippen LogP contribution in [-0.2, 0) is 9.59 Å². The fourth-order valence-corrected chi connectivity index (χ4v) is 4.87. The van der Waals surface area contributed by atoms with Gasteiger partial charge in [0, 0.05) is 23.3 Å². The lowest BCUT2D eigenvalue weighted by Gasteiger charge is -2.00. The van der Waals surface area contributed by atoms with Crippen molar-refractivity contribution in [1.82, 2.24) is 21.0 Å². The van der Waals surface area contributed by atoms with E-state index in [0.29, 0.717) is 19.8 Å². The minimum absolute atomic E-state index is 0.0253. The molecular weight excluding hydrogens is 516 g/mol. The SMILES string of the molecule is O=C(CSc1nnc(SCC(=O)NN=Cc2ccc(O)cc2O)s1)NN=Cc1ccc(O)cc1O. The van der Waals surface area contributed by atoms with Gasteiger partial charge in [0.05, 0.1) is 23.9 Å². The Bertz CT molecular complexity index is 1170. The number of hydrogen-bond donors (Lipinski definition) is 6. The first-order chi connectivity index (χ1) is 16.8. The van der Waals surface area contributed by atoms with Gasteiger partial charge in [0.15, 0.2) is 8.68 Å². The Morgan fingerprint density at radius 3 is 1.63 bits per heavy atom. The van der Waals surface area contributed by atoms with Gasteiger partial charge in [-0.25, -0.2) is 10.9 Å². The van der Waals surface area contributed by atoms with Crippen molar-refractivity contribution in [2.75, 3.05) is 11.5 Å². The molecule has 0 aliphatic carbocycles. The summed E-state index contributed by atoms with van der Waals surface area (Å²) in [6, 6.07) is 7.97. The third-order valence-electron chi connectivity index (χ3n) is 3.86. The quantitative estimate of drug-likeness (QED) is 0.127. The maximum atomic E-state index is 11.9. The molecule has 2 aromatic carbocycles. The molecule has 0 fully saturated rings. The first-order valence-corrected chi connectivity index (χ1v) is 12.4. The Labute approximate surface area is 210 Å². The summed E-state index contributed by atoms with van der Waals surface area (Å²) in [5.74, 6) is -1.26. The Morgan fingerprint density at radius 2 is 1.23 bits per heavy atom. The molecule has 0 aliphatic heterocycles. The third-order valence-corrected chi connectivity index (χ3v) is 7.05. The molecule has 2 amide bonds. The lowest BCUT2D eigenvalue weighted by atomic mass is 10.2. The van der Waals surface area contributed by atoms with Crippen molar-refractivity contribution < 1.29 is 30.0 Å². The molecule has 0 bridgehead atoms. The van der Waals surface area contributed by atoms with E-state index in [2.05, 4.69) is 31.3 Å². The second-order valence-electron chi connectivity index (χ2n) is 6.48. The predicted octanol–water partition coefficient (Wildman–Crippen LogP) is 1.85. The number of amides is 2. The van der Waals surface area contributed by atoms with E-state index < -0.39 is 11.8 Å². The van der Waals surface area contributed by atoms with E-state index in [0.717, 1.165) is 35.7 Å². The lowest BCUT2D eigenvalue weighted by Crippen LogP contribution is -2.19. The van der Waals surface area contributed by atoms with Gasteiger partial charge in [-0.3, -0.25) is 9.59 Å². The highest BCUT2D eigenvalue weighted by Crippen LogP contribution is 2.28. The van der Waals surface area contributed by atoms with Gasteiger partial charge >= 0.3 is 0 Å². The Kier molecular flexibility index (Phi) is 9.28. The average Bonchev–Trinajstić information content (AvgIpc) is 3.27. The number of phenols is 4. The van der Waals surface area contributed by atoms with E-state index in [1.54, 1.807) is 0 Å². The van der Waals surface area contributed by atoms with Crippen molar-refractivity contribution in [3.8, 4) is 23.0 Å². The average molecular weight is 535 g/mol. The highest BCUT2D eigenvalue weighted by molar-refractivity contribution is 8.03. The molecule has 0 aliphatic rings. The molecule has 0 atom stereocenters. The van der Waals surface area contributed by atoms with Gasteiger partial charge in [-0.2, -0.15) is 10.2 Å². The molecule has 35 heavy (non-hydrogen) atoms. The minimum atomic E-state index is -0.397. The van der Waals surface area contributed by atoms with E-state index in [9.17, 15) is 30.0 Å². The number of benzene rings is 2. The summed E-state index contributed by atoms with van der Waals surface area (Å²) < 4.78 is 1.06. The number of hydrogen-bond acceptors (Lipinski definition) is 13. The molecule has 0 spiro atoms. The fourth-order valence-electron chi connectivity index (χ4n) is 2.26. The number of carbonyl (C=O) groups excluding carboxylic acids is 2. The van der Waals surface area contributed by atoms with Crippen molar-refractivity contribution in [3.63, 3.8) is 0 Å². The van der Waals surface area contributed by atoms with E-state index >= 15 is 0 Å². The monoisotopic (exact) mass is 534 g/mol. The molecule has 3 rings (SSSR count). The number of hydrazone groups is 2. The molecule has 0 unspecified atom stereocenters. The zero-order valence-corrected chi connectivity index (χ0v) is 20.1. The van der Waals surface area contributed by atoms with Crippen LogP contribution >= 0.6 is 34.9 Å². The molecular formula is C20H18N6O6S3. The number of phenolic OH excluding ortho intramolecular Hbond substituents is 4. The summed E-state index contributed by atoms with van der Waals surface area (Å²) >= 11 is 3.51. The molecule has 12 nitrogen and oxygen atoms in total. The molecule has 0 saturated carbocycles. The van der Waals surface area contributed by atoms with Gasteiger partial charge in [-0.15, -0.1) is 10.2 Å². The van der Waals surface area contributed by atoms with Crippen LogP contribution in [0.3, 0.4) is 0 Å². The molecule has 1 heterocycles.